The van der Waals surface area contributed by atoms with Crippen molar-refractivity contribution in [3.8, 4) is 23.1 Å². The van der Waals surface area contributed by atoms with Gasteiger partial charge in [-0.2, -0.15) is 5.26 Å². The second-order valence-electron chi connectivity index (χ2n) is 11.6. The van der Waals surface area contributed by atoms with Crippen LogP contribution in [0.5, 0.6) is 5.75 Å². The van der Waals surface area contributed by atoms with Crippen LogP contribution in [0.2, 0.25) is 0 Å². The van der Waals surface area contributed by atoms with Crippen molar-refractivity contribution < 1.29 is 28.2 Å². The molecule has 3 aliphatic rings. The van der Waals surface area contributed by atoms with Crippen molar-refractivity contribution >= 4 is 23.2 Å². The average molecular weight is 620 g/mol. The van der Waals surface area contributed by atoms with E-state index < -0.39 is 30.6 Å². The fraction of sp³-hybridized carbons (Fsp3) is 0.438. The van der Waals surface area contributed by atoms with Crippen LogP contribution in [-0.4, -0.2) is 107 Å². The lowest BCUT2D eigenvalue weighted by atomic mass is 10.0. The number of halogens is 2. The van der Waals surface area contributed by atoms with Gasteiger partial charge in [-0.15, -0.1) is 0 Å². The number of carbonyl (C=O) groups is 1. The number of benzene rings is 2. The Balaban J connectivity index is 1.09. The zero-order valence-corrected chi connectivity index (χ0v) is 24.9. The lowest BCUT2D eigenvalue weighted by molar-refractivity contribution is -0.165. The van der Waals surface area contributed by atoms with E-state index in [-0.39, 0.29) is 24.3 Å². The number of aliphatic hydroxyl groups excluding tert-OH is 1. The molecule has 0 bridgehead atoms. The Hall–Kier alpha value is -4.38. The normalized spacial score (nSPS) is 21.0. The summed E-state index contributed by atoms with van der Waals surface area (Å²) in [5, 5.41) is 22.5. The highest BCUT2D eigenvalue weighted by molar-refractivity contribution is 5.80. The lowest BCUT2D eigenvalue weighted by Crippen LogP contribution is -2.56. The molecule has 1 amide bonds. The number of ether oxygens (including phenoxy) is 2. The average Bonchev–Trinajstić information content (AvgIpc) is 3.01. The van der Waals surface area contributed by atoms with Gasteiger partial charge in [0.1, 0.15) is 17.9 Å². The van der Waals surface area contributed by atoms with Crippen LogP contribution in [0.25, 0.3) is 11.3 Å². The molecule has 0 saturated carbocycles. The molecule has 11 nitrogen and oxygen atoms in total. The van der Waals surface area contributed by atoms with Crippen LogP contribution in [0.15, 0.2) is 54.7 Å². The molecule has 45 heavy (non-hydrogen) atoms. The quantitative estimate of drug-likeness (QED) is 0.388. The monoisotopic (exact) mass is 619 g/mol. The van der Waals surface area contributed by atoms with Crippen LogP contribution in [0, 0.1) is 11.3 Å². The van der Waals surface area contributed by atoms with Crippen molar-refractivity contribution in [1.82, 2.24) is 19.8 Å². The predicted octanol–water partition coefficient (Wildman–Crippen LogP) is 3.28. The molecule has 236 valence electrons. The topological polar surface area (TPSA) is 127 Å². The molecule has 2 atom stereocenters. The third-order valence-electron chi connectivity index (χ3n) is 8.46. The molecule has 0 aliphatic carbocycles. The van der Waals surface area contributed by atoms with Gasteiger partial charge in [-0.1, -0.05) is 0 Å². The number of aliphatic hydroxyl groups is 1. The molecule has 2 N–H and O–H groups in total. The van der Waals surface area contributed by atoms with E-state index >= 15 is 0 Å². The first-order chi connectivity index (χ1) is 21.7. The van der Waals surface area contributed by atoms with E-state index in [4.69, 9.17) is 9.47 Å². The highest BCUT2D eigenvalue weighted by atomic mass is 19.3. The van der Waals surface area contributed by atoms with Crippen LogP contribution in [-0.2, 0) is 9.53 Å². The van der Waals surface area contributed by atoms with Gasteiger partial charge in [0.15, 0.2) is 6.10 Å². The van der Waals surface area contributed by atoms with Gasteiger partial charge >= 0.3 is 5.92 Å². The van der Waals surface area contributed by atoms with Gasteiger partial charge in [0, 0.05) is 62.3 Å². The molecule has 3 fully saturated rings. The number of nitriles is 1. The summed E-state index contributed by atoms with van der Waals surface area (Å²) in [6.07, 6.45) is -1.43. The van der Waals surface area contributed by atoms with E-state index in [1.165, 1.54) is 19.1 Å². The minimum Gasteiger partial charge on any atom is -0.483 e. The summed E-state index contributed by atoms with van der Waals surface area (Å²) in [6, 6.07) is 17.1. The highest BCUT2D eigenvalue weighted by Crippen LogP contribution is 2.34. The molecular formula is C32H35F2N7O4. The first-order valence-corrected chi connectivity index (χ1v) is 15.0. The molecule has 1 aromatic heterocycles. The van der Waals surface area contributed by atoms with E-state index in [9.17, 15) is 23.9 Å². The fourth-order valence-corrected chi connectivity index (χ4v) is 5.79. The smallest absolute Gasteiger partial charge is 0.301 e. The standard InChI is InChI=1S/C32H35F2N7O4/c1-21(42)30(43)41-11-9-29(32(33,34)20-41)45-28-7-2-22(16-23(28)17-35)27-8-10-36-31(38-27)37-24-3-5-25(6-4-24)39-12-14-40(15-13-39)26-18-44-19-26/h2-8,10,16,21,26,29,42H,9,11-15,18-20H2,1H3,(H,36,37,38)/t21-,29+/m0/s1. The zero-order valence-electron chi connectivity index (χ0n) is 24.9. The number of nitrogens with one attached hydrogen (secondary N) is 1. The van der Waals surface area contributed by atoms with Crippen molar-refractivity contribution in [3.05, 3.63) is 60.3 Å². The number of carbonyl (C=O) groups excluding carboxylic acids is 1. The summed E-state index contributed by atoms with van der Waals surface area (Å²) in [5.41, 5.74) is 3.19. The molecule has 0 spiro atoms. The van der Waals surface area contributed by atoms with Gasteiger partial charge < -0.3 is 29.7 Å². The minimum atomic E-state index is -3.36. The maximum absolute atomic E-state index is 14.9. The second kappa shape index (κ2) is 12.9. The third-order valence-corrected chi connectivity index (χ3v) is 8.46. The van der Waals surface area contributed by atoms with Crippen molar-refractivity contribution in [1.29, 1.82) is 5.26 Å². The Bertz CT molecular complexity index is 1550. The molecular weight excluding hydrogens is 584 g/mol. The molecule has 6 rings (SSSR count). The maximum Gasteiger partial charge on any atom is 0.301 e. The van der Waals surface area contributed by atoms with Gasteiger partial charge in [0.05, 0.1) is 37.1 Å². The van der Waals surface area contributed by atoms with Gasteiger partial charge in [0.2, 0.25) is 5.95 Å². The van der Waals surface area contributed by atoms with Crippen molar-refractivity contribution in [3.63, 3.8) is 0 Å². The molecule has 13 heteroatoms. The molecule has 3 aromatic rings. The SMILES string of the molecule is C[C@H](O)C(=O)N1CC[C@@H](Oc2ccc(-c3ccnc(Nc4ccc(N5CCN(C6COC6)CC5)cc4)n3)cc2C#N)C(F)(F)C1. The lowest BCUT2D eigenvalue weighted by Gasteiger charge is -2.43. The molecule has 4 heterocycles. The molecule has 3 aliphatic heterocycles. The Morgan fingerprint density at radius 1 is 1.13 bits per heavy atom. The number of nitrogens with zero attached hydrogens (tertiary/aromatic N) is 6. The van der Waals surface area contributed by atoms with Gasteiger partial charge in [-0.3, -0.25) is 9.69 Å². The first-order valence-electron chi connectivity index (χ1n) is 15.0. The number of hydrogen-bond acceptors (Lipinski definition) is 10. The van der Waals surface area contributed by atoms with E-state index in [1.54, 1.807) is 18.3 Å². The molecule has 2 aromatic carbocycles. The van der Waals surface area contributed by atoms with Gasteiger partial charge in [-0.25, -0.2) is 18.7 Å². The predicted molar refractivity (Wildman–Crippen MR) is 163 cm³/mol. The Morgan fingerprint density at radius 3 is 2.53 bits per heavy atom. The number of piperidine rings is 1. The van der Waals surface area contributed by atoms with E-state index in [0.29, 0.717) is 23.2 Å². The maximum atomic E-state index is 14.9. The van der Waals surface area contributed by atoms with Crippen LogP contribution in [0.4, 0.5) is 26.1 Å². The highest BCUT2D eigenvalue weighted by Gasteiger charge is 2.48. The van der Waals surface area contributed by atoms with Gasteiger partial charge in [0.25, 0.3) is 5.91 Å². The first kappa shape index (κ1) is 30.6. The number of likely N-dealkylation sites (tertiary alicyclic amines) is 1. The zero-order chi connectivity index (χ0) is 31.6. The Labute approximate surface area is 260 Å². The Kier molecular flexibility index (Phi) is 8.80. The summed E-state index contributed by atoms with van der Waals surface area (Å²) in [7, 11) is 0. The summed E-state index contributed by atoms with van der Waals surface area (Å²) < 4.78 is 40.7. The molecule has 0 radical (unpaired) electrons. The van der Waals surface area contributed by atoms with Crippen LogP contribution < -0.4 is 15.0 Å². The number of hydrogen-bond donors (Lipinski definition) is 2. The van der Waals surface area contributed by atoms with E-state index in [2.05, 4.69) is 37.2 Å². The third kappa shape index (κ3) is 6.83. The second-order valence-corrected chi connectivity index (χ2v) is 11.6. The number of amides is 1. The number of alkyl halides is 2. The molecule has 3 saturated heterocycles. The van der Waals surface area contributed by atoms with E-state index in [0.717, 1.165) is 55.7 Å². The summed E-state index contributed by atoms with van der Waals surface area (Å²) in [5.74, 6) is -3.73. The van der Waals surface area contributed by atoms with E-state index in [1.807, 2.05) is 18.2 Å². The van der Waals surface area contributed by atoms with Crippen LogP contribution >= 0.6 is 0 Å². The summed E-state index contributed by atoms with van der Waals surface area (Å²) in [6.45, 7) is 6.04. The number of piperazine rings is 1. The summed E-state index contributed by atoms with van der Waals surface area (Å²) in [4.78, 5) is 26.7. The van der Waals surface area contributed by atoms with Gasteiger partial charge in [-0.05, 0) is 55.5 Å². The van der Waals surface area contributed by atoms with Crippen molar-refractivity contribution in [2.24, 2.45) is 0 Å². The largest absolute Gasteiger partial charge is 0.483 e. The van der Waals surface area contributed by atoms with Crippen LogP contribution in [0.3, 0.4) is 0 Å². The minimum absolute atomic E-state index is 0.0109. The van der Waals surface area contributed by atoms with Crippen LogP contribution in [0.1, 0.15) is 18.9 Å². The Morgan fingerprint density at radius 2 is 1.89 bits per heavy atom. The van der Waals surface area contributed by atoms with Crippen molar-refractivity contribution in [2.75, 3.05) is 62.7 Å². The van der Waals surface area contributed by atoms with Crippen molar-refractivity contribution in [2.45, 2.75) is 37.5 Å². The number of anilines is 3. The summed E-state index contributed by atoms with van der Waals surface area (Å²) >= 11 is 0. The number of aromatic nitrogens is 2. The fourth-order valence-electron chi connectivity index (χ4n) is 5.79. The molecule has 0 unspecified atom stereocenters. The number of rotatable bonds is 8.